The van der Waals surface area contributed by atoms with Gasteiger partial charge in [-0.25, -0.2) is 9.78 Å². The van der Waals surface area contributed by atoms with Crippen LogP contribution in [0.5, 0.6) is 11.5 Å². The number of benzene rings is 3. The van der Waals surface area contributed by atoms with Gasteiger partial charge in [0.2, 0.25) is 0 Å². The highest BCUT2D eigenvalue weighted by Crippen LogP contribution is 2.28. The van der Waals surface area contributed by atoms with Crippen molar-refractivity contribution in [3.8, 4) is 11.5 Å². The molecule has 0 aliphatic heterocycles. The van der Waals surface area contributed by atoms with Gasteiger partial charge in [-0.1, -0.05) is 19.1 Å². The zero-order chi connectivity index (χ0) is 26.4. The van der Waals surface area contributed by atoms with Gasteiger partial charge in [0.05, 0.1) is 29.2 Å². The Balaban J connectivity index is 1.52. The minimum Gasteiger partial charge on any atom is -0.493 e. The molecule has 3 aromatic carbocycles. The second kappa shape index (κ2) is 11.1. The van der Waals surface area contributed by atoms with Gasteiger partial charge in [-0.3, -0.25) is 14.9 Å². The normalized spacial score (nSPS) is 11.3. The number of non-ortho nitro benzene ring substituents is 1. The van der Waals surface area contributed by atoms with Crippen molar-refractivity contribution < 1.29 is 19.2 Å². The minimum absolute atomic E-state index is 0.0410. The maximum absolute atomic E-state index is 12.9. The fourth-order valence-electron chi connectivity index (χ4n) is 3.50. The SMILES string of the molecule is CCc1nc2ccccc2c(=O)n1/N=C\c1ccc(OC(=O)/C=C/c2ccc([N+](=O)[O-])cc2)c(OC)c1. The third-order valence-corrected chi connectivity index (χ3v) is 5.37. The molecule has 10 heteroatoms. The van der Waals surface area contributed by atoms with Gasteiger partial charge in [-0.05, 0) is 59.7 Å². The number of carbonyl (C=O) groups excluding carboxylic acids is 1. The first kappa shape index (κ1) is 25.0. The van der Waals surface area contributed by atoms with E-state index in [1.54, 1.807) is 36.4 Å². The van der Waals surface area contributed by atoms with Gasteiger partial charge in [0.15, 0.2) is 11.5 Å². The molecule has 4 rings (SSSR count). The summed E-state index contributed by atoms with van der Waals surface area (Å²) in [4.78, 5) is 40.0. The Bertz CT molecular complexity index is 1590. The van der Waals surface area contributed by atoms with Crippen molar-refractivity contribution in [1.82, 2.24) is 9.66 Å². The van der Waals surface area contributed by atoms with Crippen LogP contribution in [0.4, 0.5) is 5.69 Å². The molecule has 0 saturated heterocycles. The average molecular weight is 498 g/mol. The van der Waals surface area contributed by atoms with Gasteiger partial charge in [0.25, 0.3) is 11.2 Å². The number of methoxy groups -OCH3 is 1. The summed E-state index contributed by atoms with van der Waals surface area (Å²) < 4.78 is 12.0. The smallest absolute Gasteiger partial charge is 0.336 e. The van der Waals surface area contributed by atoms with Crippen molar-refractivity contribution in [2.75, 3.05) is 7.11 Å². The van der Waals surface area contributed by atoms with Crippen molar-refractivity contribution in [3.05, 3.63) is 110 Å². The first-order valence-corrected chi connectivity index (χ1v) is 11.3. The molecule has 0 fully saturated rings. The summed E-state index contributed by atoms with van der Waals surface area (Å²) in [5.41, 5.74) is 1.52. The molecule has 0 aliphatic carbocycles. The number of nitro benzene ring substituents is 1. The largest absolute Gasteiger partial charge is 0.493 e. The van der Waals surface area contributed by atoms with Gasteiger partial charge in [-0.15, -0.1) is 0 Å². The zero-order valence-corrected chi connectivity index (χ0v) is 20.0. The van der Waals surface area contributed by atoms with Crippen LogP contribution >= 0.6 is 0 Å². The monoisotopic (exact) mass is 498 g/mol. The van der Waals surface area contributed by atoms with Gasteiger partial charge >= 0.3 is 5.97 Å². The van der Waals surface area contributed by atoms with Gasteiger partial charge in [-0.2, -0.15) is 9.78 Å². The van der Waals surface area contributed by atoms with E-state index in [-0.39, 0.29) is 17.0 Å². The number of ether oxygens (including phenoxy) is 2. The van der Waals surface area contributed by atoms with Crippen LogP contribution in [0.25, 0.3) is 17.0 Å². The molecule has 37 heavy (non-hydrogen) atoms. The third-order valence-electron chi connectivity index (χ3n) is 5.37. The second-order valence-electron chi connectivity index (χ2n) is 7.77. The minimum atomic E-state index is -0.653. The highest BCUT2D eigenvalue weighted by atomic mass is 16.6. The van der Waals surface area contributed by atoms with Crippen molar-refractivity contribution in [1.29, 1.82) is 0 Å². The van der Waals surface area contributed by atoms with Crippen molar-refractivity contribution in [2.24, 2.45) is 5.10 Å². The van der Waals surface area contributed by atoms with E-state index in [2.05, 4.69) is 10.1 Å². The van der Waals surface area contributed by atoms with E-state index in [4.69, 9.17) is 9.47 Å². The molecule has 0 radical (unpaired) electrons. The Hall–Kier alpha value is -5.12. The third kappa shape index (κ3) is 5.76. The summed E-state index contributed by atoms with van der Waals surface area (Å²) in [6, 6.07) is 17.7. The molecule has 0 N–H and O–H groups in total. The Morgan fingerprint density at radius 2 is 1.81 bits per heavy atom. The van der Waals surface area contributed by atoms with Crippen LogP contribution in [0.1, 0.15) is 23.9 Å². The Labute approximate surface area is 211 Å². The van der Waals surface area contributed by atoms with Crippen LogP contribution in [-0.4, -0.2) is 33.9 Å². The lowest BCUT2D eigenvalue weighted by atomic mass is 10.2. The summed E-state index contributed by atoms with van der Waals surface area (Å²) in [7, 11) is 1.44. The van der Waals surface area contributed by atoms with Gasteiger partial charge < -0.3 is 9.47 Å². The van der Waals surface area contributed by atoms with Crippen molar-refractivity contribution >= 4 is 34.9 Å². The molecule has 0 spiro atoms. The van der Waals surface area contributed by atoms with Crippen LogP contribution in [-0.2, 0) is 11.2 Å². The predicted octanol–water partition coefficient (Wildman–Crippen LogP) is 4.38. The number of esters is 1. The average Bonchev–Trinajstić information content (AvgIpc) is 2.92. The lowest BCUT2D eigenvalue weighted by Crippen LogP contribution is -2.22. The highest BCUT2D eigenvalue weighted by molar-refractivity contribution is 5.89. The number of hydrogen-bond acceptors (Lipinski definition) is 8. The number of aromatic nitrogens is 2. The molecule has 0 bridgehead atoms. The summed E-state index contributed by atoms with van der Waals surface area (Å²) in [6.07, 6.45) is 4.71. The van der Waals surface area contributed by atoms with E-state index in [9.17, 15) is 19.7 Å². The summed E-state index contributed by atoms with van der Waals surface area (Å²) >= 11 is 0. The zero-order valence-electron chi connectivity index (χ0n) is 20.0. The highest BCUT2D eigenvalue weighted by Gasteiger charge is 2.11. The predicted molar refractivity (Wildman–Crippen MR) is 139 cm³/mol. The maximum atomic E-state index is 12.9. The molecular formula is C27H22N4O6. The molecule has 10 nitrogen and oxygen atoms in total. The molecular weight excluding hydrogens is 476 g/mol. The molecule has 0 unspecified atom stereocenters. The number of aryl methyl sites for hydroxylation is 1. The van der Waals surface area contributed by atoms with Crippen LogP contribution in [0.2, 0.25) is 0 Å². The Morgan fingerprint density at radius 1 is 1.08 bits per heavy atom. The fraction of sp³-hybridized carbons (Fsp3) is 0.111. The van der Waals surface area contributed by atoms with E-state index in [1.807, 2.05) is 13.0 Å². The number of nitrogens with zero attached hydrogens (tertiary/aromatic N) is 4. The number of nitro groups is 1. The van der Waals surface area contributed by atoms with E-state index in [0.29, 0.717) is 40.0 Å². The first-order valence-electron chi connectivity index (χ1n) is 11.3. The van der Waals surface area contributed by atoms with E-state index in [0.717, 1.165) is 0 Å². The number of hydrogen-bond donors (Lipinski definition) is 0. The summed E-state index contributed by atoms with van der Waals surface area (Å²) in [5, 5.41) is 15.6. The number of rotatable bonds is 8. The summed E-state index contributed by atoms with van der Waals surface area (Å²) in [6.45, 7) is 1.89. The van der Waals surface area contributed by atoms with E-state index in [1.165, 1.54) is 54.4 Å². The molecule has 186 valence electrons. The molecule has 0 amide bonds. The lowest BCUT2D eigenvalue weighted by Gasteiger charge is -2.09. The molecule has 0 atom stereocenters. The Morgan fingerprint density at radius 3 is 2.51 bits per heavy atom. The standard InChI is InChI=1S/C27H22N4O6/c1-3-25-29-22-7-5-4-6-21(22)27(33)30(25)28-17-19-10-14-23(24(16-19)36-2)37-26(32)15-11-18-8-12-20(13-9-18)31(34)35/h4-17H,3H2,1-2H3/b15-11+,28-17-. The van der Waals surface area contributed by atoms with Crippen molar-refractivity contribution in [2.45, 2.75) is 13.3 Å². The second-order valence-corrected chi connectivity index (χ2v) is 7.77. The van der Waals surface area contributed by atoms with E-state index < -0.39 is 10.9 Å². The molecule has 1 heterocycles. The molecule has 0 aliphatic rings. The number of carbonyl (C=O) groups is 1. The molecule has 1 aromatic heterocycles. The quantitative estimate of drug-likeness (QED) is 0.0881. The van der Waals surface area contributed by atoms with E-state index >= 15 is 0 Å². The molecule has 0 saturated carbocycles. The number of para-hydroxylation sites is 1. The van der Waals surface area contributed by atoms with Crippen LogP contribution in [0.15, 0.2) is 82.7 Å². The van der Waals surface area contributed by atoms with Crippen molar-refractivity contribution in [3.63, 3.8) is 0 Å². The van der Waals surface area contributed by atoms with Crippen LogP contribution in [0, 0.1) is 10.1 Å². The fourth-order valence-corrected chi connectivity index (χ4v) is 3.50. The Kier molecular flexibility index (Phi) is 7.48. The maximum Gasteiger partial charge on any atom is 0.336 e. The van der Waals surface area contributed by atoms with Crippen LogP contribution in [0.3, 0.4) is 0 Å². The van der Waals surface area contributed by atoms with Gasteiger partial charge in [0.1, 0.15) is 5.82 Å². The molecule has 4 aromatic rings. The van der Waals surface area contributed by atoms with Crippen LogP contribution < -0.4 is 15.0 Å². The lowest BCUT2D eigenvalue weighted by molar-refractivity contribution is -0.384. The summed E-state index contributed by atoms with van der Waals surface area (Å²) in [5.74, 6) is 0.356. The number of fused-ring (bicyclic) bond motifs is 1. The first-order chi connectivity index (χ1) is 17.9. The topological polar surface area (TPSA) is 126 Å². The van der Waals surface area contributed by atoms with Gasteiger partial charge in [0, 0.05) is 24.6 Å².